The van der Waals surface area contributed by atoms with E-state index in [0.717, 1.165) is 154 Å². The molecule has 3 N–H and O–H groups in total. The van der Waals surface area contributed by atoms with Crippen LogP contribution in [0, 0.1) is 0 Å². The van der Waals surface area contributed by atoms with Crippen LogP contribution in [0.15, 0.2) is 134 Å². The van der Waals surface area contributed by atoms with E-state index in [2.05, 4.69) is 161 Å². The van der Waals surface area contributed by atoms with Gasteiger partial charge in [0.05, 0.1) is 26.4 Å². The molecular formula is C85H144O17P2. The number of ether oxygens (including phenoxy) is 4. The Hall–Kier alpha value is -4.80. The number of hydrogen-bond donors (Lipinski definition) is 3. The van der Waals surface area contributed by atoms with Crippen LogP contribution in [0.25, 0.3) is 0 Å². The van der Waals surface area contributed by atoms with E-state index in [1.165, 1.54) is 83.5 Å². The molecule has 0 aliphatic rings. The molecule has 0 aromatic carbocycles. The molecule has 0 radical (unpaired) electrons. The average Bonchev–Trinajstić information content (AvgIpc) is 0.912. The van der Waals surface area contributed by atoms with Gasteiger partial charge in [-0.3, -0.25) is 37.3 Å². The summed E-state index contributed by atoms with van der Waals surface area (Å²) >= 11 is 0. The minimum absolute atomic E-state index is 0.0304. The van der Waals surface area contributed by atoms with Gasteiger partial charge in [0.25, 0.3) is 0 Å². The highest BCUT2D eigenvalue weighted by molar-refractivity contribution is 7.47. The molecule has 0 aliphatic carbocycles. The Kier molecular flexibility index (Phi) is 72.9. The van der Waals surface area contributed by atoms with Crippen molar-refractivity contribution < 1.29 is 80.2 Å². The number of unbranched alkanes of at least 4 members (excludes halogenated alkanes) is 27. The van der Waals surface area contributed by atoms with Crippen molar-refractivity contribution in [3.63, 3.8) is 0 Å². The third-order valence-electron chi connectivity index (χ3n) is 16.6. The van der Waals surface area contributed by atoms with E-state index in [9.17, 15) is 43.2 Å². The Bertz CT molecular complexity index is 2490. The van der Waals surface area contributed by atoms with Crippen molar-refractivity contribution in [2.45, 2.75) is 341 Å². The summed E-state index contributed by atoms with van der Waals surface area (Å²) in [5.74, 6) is -2.28. The van der Waals surface area contributed by atoms with Gasteiger partial charge in [0, 0.05) is 25.7 Å². The Balaban J connectivity index is 5.42. The van der Waals surface area contributed by atoms with Gasteiger partial charge in [-0.15, -0.1) is 0 Å². The molecule has 0 spiro atoms. The molecule has 0 fully saturated rings. The van der Waals surface area contributed by atoms with E-state index in [-0.39, 0.29) is 25.7 Å². The number of carbonyl (C=O) groups is 4. The number of phosphoric acid groups is 2. The lowest BCUT2D eigenvalue weighted by atomic mass is 10.0. The number of esters is 4. The van der Waals surface area contributed by atoms with Gasteiger partial charge in [-0.25, -0.2) is 9.13 Å². The number of phosphoric ester groups is 2. The lowest BCUT2D eigenvalue weighted by molar-refractivity contribution is -0.161. The van der Waals surface area contributed by atoms with Crippen LogP contribution in [0.5, 0.6) is 0 Å². The second-order valence-electron chi connectivity index (χ2n) is 26.6. The van der Waals surface area contributed by atoms with E-state index in [1.54, 1.807) is 0 Å². The van der Waals surface area contributed by atoms with Gasteiger partial charge in [-0.2, -0.15) is 0 Å². The fraction of sp³-hybridized carbons (Fsp3) is 0.694. The minimum atomic E-state index is -5.00. The van der Waals surface area contributed by atoms with Crippen LogP contribution >= 0.6 is 15.6 Å². The highest BCUT2D eigenvalue weighted by atomic mass is 31.2. The van der Waals surface area contributed by atoms with E-state index in [4.69, 9.17) is 37.0 Å². The molecule has 0 rings (SSSR count). The van der Waals surface area contributed by atoms with Gasteiger partial charge in [-0.05, 0) is 141 Å². The van der Waals surface area contributed by atoms with Crippen LogP contribution in [-0.4, -0.2) is 96.7 Å². The van der Waals surface area contributed by atoms with Crippen LogP contribution in [0.2, 0.25) is 0 Å². The minimum Gasteiger partial charge on any atom is -0.462 e. The van der Waals surface area contributed by atoms with Crippen molar-refractivity contribution in [1.29, 1.82) is 0 Å². The zero-order valence-electron chi connectivity index (χ0n) is 65.2. The van der Waals surface area contributed by atoms with Crippen molar-refractivity contribution in [2.75, 3.05) is 39.6 Å². The zero-order valence-corrected chi connectivity index (χ0v) is 66.9. The smallest absolute Gasteiger partial charge is 0.462 e. The van der Waals surface area contributed by atoms with Gasteiger partial charge in [-0.1, -0.05) is 290 Å². The molecule has 0 aromatic rings. The molecule has 5 atom stereocenters. The fourth-order valence-electron chi connectivity index (χ4n) is 10.5. The van der Waals surface area contributed by atoms with Gasteiger partial charge in [0.15, 0.2) is 12.2 Å². The Morgan fingerprint density at radius 3 is 0.808 bits per heavy atom. The maximum absolute atomic E-state index is 13.1. The summed E-state index contributed by atoms with van der Waals surface area (Å²) in [5, 5.41) is 10.6. The molecule has 17 nitrogen and oxygen atoms in total. The highest BCUT2D eigenvalue weighted by Crippen LogP contribution is 2.45. The highest BCUT2D eigenvalue weighted by Gasteiger charge is 2.30. The number of aliphatic hydroxyl groups is 1. The van der Waals surface area contributed by atoms with Crippen molar-refractivity contribution in [2.24, 2.45) is 0 Å². The van der Waals surface area contributed by atoms with Crippen LogP contribution in [-0.2, 0) is 65.4 Å². The van der Waals surface area contributed by atoms with E-state index in [0.29, 0.717) is 32.1 Å². The predicted octanol–water partition coefficient (Wildman–Crippen LogP) is 23.7. The molecule has 596 valence electrons. The summed E-state index contributed by atoms with van der Waals surface area (Å²) in [5.41, 5.74) is 0. The average molecular weight is 1500 g/mol. The van der Waals surface area contributed by atoms with Crippen LogP contribution in [0.4, 0.5) is 0 Å². The zero-order chi connectivity index (χ0) is 76.0. The first kappa shape index (κ1) is 99.2. The number of hydrogen-bond acceptors (Lipinski definition) is 15. The largest absolute Gasteiger partial charge is 0.472 e. The molecule has 0 heterocycles. The van der Waals surface area contributed by atoms with Crippen LogP contribution in [0.1, 0.15) is 323 Å². The Labute approximate surface area is 631 Å². The van der Waals surface area contributed by atoms with Crippen LogP contribution < -0.4 is 0 Å². The summed E-state index contributed by atoms with van der Waals surface area (Å²) in [6.45, 7) is 4.53. The summed E-state index contributed by atoms with van der Waals surface area (Å²) in [6.07, 6.45) is 85.8. The molecule has 0 bridgehead atoms. The molecule has 0 saturated heterocycles. The fourth-order valence-corrected chi connectivity index (χ4v) is 12.1. The van der Waals surface area contributed by atoms with Gasteiger partial charge >= 0.3 is 39.5 Å². The van der Waals surface area contributed by atoms with Crippen molar-refractivity contribution in [1.82, 2.24) is 0 Å². The Morgan fingerprint density at radius 1 is 0.279 bits per heavy atom. The normalized spacial score (nSPS) is 14.6. The third-order valence-corrected chi connectivity index (χ3v) is 18.5. The first-order valence-electron chi connectivity index (χ1n) is 40.4. The molecule has 19 heteroatoms. The molecule has 0 aliphatic heterocycles. The third kappa shape index (κ3) is 75.4. The number of aliphatic hydroxyl groups excluding tert-OH is 1. The van der Waals surface area contributed by atoms with Crippen LogP contribution in [0.3, 0.4) is 0 Å². The monoisotopic (exact) mass is 1500 g/mol. The summed E-state index contributed by atoms with van der Waals surface area (Å²) < 4.78 is 68.6. The van der Waals surface area contributed by atoms with E-state index >= 15 is 0 Å². The topological polar surface area (TPSA) is 237 Å². The lowest BCUT2D eigenvalue weighted by Gasteiger charge is -2.21. The van der Waals surface area contributed by atoms with Crippen molar-refractivity contribution in [3.8, 4) is 0 Å². The summed E-state index contributed by atoms with van der Waals surface area (Å²) in [6, 6.07) is 0. The summed E-state index contributed by atoms with van der Waals surface area (Å²) in [4.78, 5) is 73.0. The van der Waals surface area contributed by atoms with Crippen molar-refractivity contribution in [3.05, 3.63) is 134 Å². The molecule has 0 amide bonds. The Morgan fingerprint density at radius 2 is 0.500 bits per heavy atom. The number of rotatable bonds is 75. The number of allylic oxidation sites excluding steroid dienone is 22. The van der Waals surface area contributed by atoms with Gasteiger partial charge in [0.2, 0.25) is 0 Å². The number of carbonyl (C=O) groups excluding carboxylic acids is 4. The lowest BCUT2D eigenvalue weighted by Crippen LogP contribution is -2.30. The quantitative estimate of drug-likeness (QED) is 0.0169. The molecular weight excluding hydrogens is 1350 g/mol. The van der Waals surface area contributed by atoms with E-state index in [1.807, 2.05) is 0 Å². The first-order valence-corrected chi connectivity index (χ1v) is 43.4. The van der Waals surface area contributed by atoms with Crippen molar-refractivity contribution >= 4 is 39.5 Å². The SMILES string of the molecule is CC/C=C\C/C=C\C/C=C\C/C=C\CCCCC(=O)OCC(COP(=O)(O)OCC(O)COP(=O)(O)OCC(COC(=O)CCCCCCCC/C=C\C/C=C\C/C=C\CCCCC)OC(=O)CCCCCCCCCCCCCCCCC)OC(=O)CCCC/C=C\C/C=C\C/C=C\C/C=C\CC. The maximum atomic E-state index is 13.1. The molecule has 5 unspecified atom stereocenters. The van der Waals surface area contributed by atoms with Gasteiger partial charge < -0.3 is 33.8 Å². The second kappa shape index (κ2) is 76.4. The van der Waals surface area contributed by atoms with Gasteiger partial charge in [0.1, 0.15) is 19.3 Å². The molecule has 0 saturated carbocycles. The second-order valence-corrected chi connectivity index (χ2v) is 29.5. The first-order chi connectivity index (χ1) is 50.7. The molecule has 104 heavy (non-hydrogen) atoms. The molecule has 0 aromatic heterocycles. The predicted molar refractivity (Wildman–Crippen MR) is 427 cm³/mol. The maximum Gasteiger partial charge on any atom is 0.472 e. The standard InChI is InChI=1S/C85H144O17P2/c1-5-9-13-17-21-25-29-33-37-38-39-40-44-46-50-54-58-62-66-70-83(88)96-76-81(102-85(90)72-68-64-60-56-52-48-43-36-32-28-24-20-16-12-8-4)78-100-104(93,94)98-74-79(86)73-97-103(91,92)99-77-80(101-84(89)71-67-63-59-55-51-47-42-35-31-27-23-19-15-11-7-3)75-95-82(87)69-65-61-57-53-49-45-41-34-30-26-22-18-14-10-6-2/h10-11,14-15,21-23,25-27,33-35,37,39-42,49,51,53,55,79-81,86H,5-9,12-13,16-20,24,28-32,36,38,43-48,50,52,54,56-78H2,1-4H3,(H,91,92)(H,93,94)/b14-10-,15-11-,25-21-,26-22-,27-23-,37-33-,40-39-,41-34-,42-35-,53-49-,55-51-. The summed E-state index contributed by atoms with van der Waals surface area (Å²) in [7, 11) is -9.99. The van der Waals surface area contributed by atoms with E-state index < -0.39 is 97.5 Å².